The van der Waals surface area contributed by atoms with Crippen molar-refractivity contribution in [2.24, 2.45) is 0 Å². The molecule has 0 amide bonds. The normalized spacial score (nSPS) is 12.4. The average Bonchev–Trinajstić information content (AvgIpc) is 3.31. The van der Waals surface area contributed by atoms with Crippen molar-refractivity contribution >= 4 is 29.0 Å². The summed E-state index contributed by atoms with van der Waals surface area (Å²) in [4.78, 5) is 30.3. The third-order valence-electron chi connectivity index (χ3n) is 5.17. The topological polar surface area (TPSA) is 81.3 Å². The van der Waals surface area contributed by atoms with Crippen molar-refractivity contribution in [3.8, 4) is 0 Å². The maximum atomic E-state index is 14.6. The molecule has 0 aliphatic heterocycles. The minimum atomic E-state index is -3.91. The van der Waals surface area contributed by atoms with Gasteiger partial charge >= 0.3 is 11.9 Å². The summed E-state index contributed by atoms with van der Waals surface area (Å²) in [5, 5.41) is -0.656. The van der Waals surface area contributed by atoms with E-state index in [4.69, 9.17) is 17.0 Å². The number of carbonyl (C=O) groups is 2. The standard InChI is InChI=1S/C23H36F2N2O4S/c1-3-5-6-7-8-9-10-11-12-13-14-15-18(23(24,25)22(29)30-4-2)31-21(32)19(28)20-26-16-17-27-20/h16-18H,3-15H2,1-2H3,(H,26,27). The predicted octanol–water partition coefficient (Wildman–Crippen LogP) is 6.20. The zero-order valence-corrected chi connectivity index (χ0v) is 20.0. The molecule has 0 radical (unpaired) electrons. The summed E-state index contributed by atoms with van der Waals surface area (Å²) in [6.45, 7) is 3.46. The van der Waals surface area contributed by atoms with Crippen LogP contribution >= 0.6 is 12.2 Å². The van der Waals surface area contributed by atoms with Gasteiger partial charge in [0.15, 0.2) is 11.9 Å². The van der Waals surface area contributed by atoms with Crippen molar-refractivity contribution in [3.05, 3.63) is 18.2 Å². The molecule has 182 valence electrons. The molecule has 1 unspecified atom stereocenters. The van der Waals surface area contributed by atoms with Crippen LogP contribution in [0.1, 0.15) is 102 Å². The number of hydrogen-bond acceptors (Lipinski definition) is 6. The van der Waals surface area contributed by atoms with Crippen molar-refractivity contribution in [2.75, 3.05) is 6.61 Å². The van der Waals surface area contributed by atoms with Gasteiger partial charge < -0.3 is 14.5 Å². The first-order chi connectivity index (χ1) is 15.3. The first kappa shape index (κ1) is 28.1. The van der Waals surface area contributed by atoms with Gasteiger partial charge in [-0.25, -0.2) is 9.78 Å². The molecular weight excluding hydrogens is 438 g/mol. The van der Waals surface area contributed by atoms with Gasteiger partial charge in [0.2, 0.25) is 5.05 Å². The van der Waals surface area contributed by atoms with Gasteiger partial charge in [0.05, 0.1) is 6.61 Å². The Morgan fingerprint density at radius 2 is 1.59 bits per heavy atom. The molecule has 1 rings (SSSR count). The molecule has 0 aliphatic carbocycles. The summed E-state index contributed by atoms with van der Waals surface area (Å²) in [7, 11) is 0. The highest BCUT2D eigenvalue weighted by atomic mass is 32.1. The highest BCUT2D eigenvalue weighted by molar-refractivity contribution is 7.81. The number of alkyl halides is 2. The van der Waals surface area contributed by atoms with Gasteiger partial charge in [0.1, 0.15) is 0 Å². The maximum Gasteiger partial charge on any atom is 0.381 e. The molecule has 32 heavy (non-hydrogen) atoms. The number of aromatic nitrogens is 2. The van der Waals surface area contributed by atoms with Gasteiger partial charge in [-0.3, -0.25) is 4.79 Å². The molecule has 1 N–H and O–H groups in total. The van der Waals surface area contributed by atoms with Crippen molar-refractivity contribution in [1.29, 1.82) is 0 Å². The molecule has 1 heterocycles. The van der Waals surface area contributed by atoms with E-state index in [1.807, 2.05) is 0 Å². The SMILES string of the molecule is CCCCCCCCCCCCCC(OC(=S)C(=O)c1ncc[nH]1)C(F)(F)C(=O)OCC. The number of unbranched alkanes of at least 4 members (excludes halogenated alkanes) is 10. The number of imidazole rings is 1. The Hall–Kier alpha value is -1.90. The first-order valence-electron chi connectivity index (χ1n) is 11.6. The Balaban J connectivity index is 2.49. The number of thiocarbonyl (C=S) groups is 1. The number of ether oxygens (including phenoxy) is 2. The smallest absolute Gasteiger partial charge is 0.381 e. The predicted molar refractivity (Wildman–Crippen MR) is 123 cm³/mol. The molecule has 1 aromatic heterocycles. The Morgan fingerprint density at radius 3 is 2.09 bits per heavy atom. The summed E-state index contributed by atoms with van der Waals surface area (Å²) < 4.78 is 38.9. The number of hydrogen-bond donors (Lipinski definition) is 1. The second kappa shape index (κ2) is 15.8. The zero-order chi connectivity index (χ0) is 23.8. The van der Waals surface area contributed by atoms with Crippen LogP contribution in [0.25, 0.3) is 0 Å². The molecule has 0 saturated heterocycles. The van der Waals surface area contributed by atoms with Crippen LogP contribution in [0.3, 0.4) is 0 Å². The second-order valence-corrected chi connectivity index (χ2v) is 8.20. The van der Waals surface area contributed by atoms with Crippen molar-refractivity contribution in [3.63, 3.8) is 0 Å². The van der Waals surface area contributed by atoms with Gasteiger partial charge in [-0.2, -0.15) is 8.78 Å². The van der Waals surface area contributed by atoms with Gasteiger partial charge in [-0.05, 0) is 32.0 Å². The lowest BCUT2D eigenvalue weighted by molar-refractivity contribution is -0.186. The van der Waals surface area contributed by atoms with Crippen LogP contribution in [0.2, 0.25) is 0 Å². The number of aromatic amines is 1. The van der Waals surface area contributed by atoms with E-state index in [0.29, 0.717) is 6.42 Å². The van der Waals surface area contributed by atoms with Gasteiger partial charge in [-0.15, -0.1) is 0 Å². The van der Waals surface area contributed by atoms with E-state index in [-0.39, 0.29) is 18.9 Å². The minimum Gasteiger partial charge on any atom is -0.470 e. The Morgan fingerprint density at radius 1 is 1.03 bits per heavy atom. The van der Waals surface area contributed by atoms with E-state index in [2.05, 4.69) is 21.6 Å². The molecule has 1 aromatic rings. The van der Waals surface area contributed by atoms with E-state index >= 15 is 0 Å². The van der Waals surface area contributed by atoms with Crippen LogP contribution in [0.15, 0.2) is 12.4 Å². The van der Waals surface area contributed by atoms with Crippen LogP contribution in [0, 0.1) is 0 Å². The van der Waals surface area contributed by atoms with E-state index in [0.717, 1.165) is 25.7 Å². The summed E-state index contributed by atoms with van der Waals surface area (Å²) in [5.41, 5.74) is 0. The fraction of sp³-hybridized carbons (Fsp3) is 0.739. The number of H-pyrrole nitrogens is 1. The lowest BCUT2D eigenvalue weighted by Gasteiger charge is -2.25. The van der Waals surface area contributed by atoms with E-state index in [1.165, 1.54) is 57.8 Å². The van der Waals surface area contributed by atoms with Crippen LogP contribution in [0.5, 0.6) is 0 Å². The molecule has 6 nitrogen and oxygen atoms in total. The Bertz CT molecular complexity index is 684. The highest BCUT2D eigenvalue weighted by Gasteiger charge is 2.51. The molecule has 1 atom stereocenters. The molecule has 0 aliphatic rings. The number of rotatable bonds is 18. The number of halogens is 2. The van der Waals surface area contributed by atoms with Gasteiger partial charge in [0, 0.05) is 12.4 Å². The van der Waals surface area contributed by atoms with Crippen molar-refractivity contribution in [1.82, 2.24) is 9.97 Å². The van der Waals surface area contributed by atoms with Crippen LogP contribution in [-0.2, 0) is 14.3 Å². The highest BCUT2D eigenvalue weighted by Crippen LogP contribution is 2.28. The third kappa shape index (κ3) is 10.1. The zero-order valence-electron chi connectivity index (χ0n) is 19.2. The van der Waals surface area contributed by atoms with Crippen molar-refractivity contribution in [2.45, 2.75) is 103 Å². The molecule has 0 saturated carbocycles. The largest absolute Gasteiger partial charge is 0.470 e. The number of ketones is 1. The molecular formula is C23H36F2N2O4S. The van der Waals surface area contributed by atoms with Gasteiger partial charge in [-0.1, -0.05) is 71.1 Å². The summed E-state index contributed by atoms with van der Waals surface area (Å²) in [6, 6.07) is 0. The molecule has 0 bridgehead atoms. The Labute approximate surface area is 194 Å². The number of carbonyl (C=O) groups excluding carboxylic acids is 2. The quantitative estimate of drug-likeness (QED) is 0.118. The maximum absolute atomic E-state index is 14.6. The van der Waals surface area contributed by atoms with Crippen LogP contribution in [0.4, 0.5) is 8.78 Å². The summed E-state index contributed by atoms with van der Waals surface area (Å²) in [5.74, 6) is -6.51. The minimum absolute atomic E-state index is 0.108. The number of nitrogens with zero attached hydrogens (tertiary/aromatic N) is 1. The number of nitrogens with one attached hydrogen (secondary N) is 1. The van der Waals surface area contributed by atoms with E-state index < -0.39 is 28.8 Å². The molecule has 0 fully saturated rings. The lowest BCUT2D eigenvalue weighted by Crippen LogP contribution is -2.46. The van der Waals surface area contributed by atoms with Crippen LogP contribution < -0.4 is 0 Å². The molecule has 0 spiro atoms. The van der Waals surface area contributed by atoms with E-state index in [9.17, 15) is 18.4 Å². The first-order valence-corrected chi connectivity index (χ1v) is 12.0. The summed E-state index contributed by atoms with van der Waals surface area (Å²) in [6.07, 6.45) is 12.5. The molecule has 9 heteroatoms. The summed E-state index contributed by atoms with van der Waals surface area (Å²) >= 11 is 4.89. The van der Waals surface area contributed by atoms with Crippen molar-refractivity contribution < 1.29 is 27.8 Å². The number of esters is 1. The monoisotopic (exact) mass is 474 g/mol. The third-order valence-corrected chi connectivity index (χ3v) is 5.45. The lowest BCUT2D eigenvalue weighted by atomic mass is 10.0. The molecule has 0 aromatic carbocycles. The Kier molecular flexibility index (Phi) is 13.9. The average molecular weight is 475 g/mol. The van der Waals surface area contributed by atoms with Gasteiger partial charge in [0.25, 0.3) is 5.78 Å². The van der Waals surface area contributed by atoms with E-state index in [1.54, 1.807) is 0 Å². The number of Topliss-reactive ketones (excluding diaryl/α,β-unsaturated/α-hetero) is 1. The fourth-order valence-corrected chi connectivity index (χ4v) is 3.55. The fourth-order valence-electron chi connectivity index (χ4n) is 3.34. The second-order valence-electron chi connectivity index (χ2n) is 7.83. The van der Waals surface area contributed by atoms with Crippen LogP contribution in [-0.4, -0.2) is 45.4 Å².